The highest BCUT2D eigenvalue weighted by Crippen LogP contribution is 2.39. The van der Waals surface area contributed by atoms with Gasteiger partial charge < -0.3 is 24.0 Å². The van der Waals surface area contributed by atoms with E-state index in [0.717, 1.165) is 26.3 Å². The van der Waals surface area contributed by atoms with Crippen LogP contribution in [0.5, 0.6) is 11.5 Å². The van der Waals surface area contributed by atoms with E-state index in [2.05, 4.69) is 32.6 Å². The molecule has 1 saturated heterocycles. The summed E-state index contributed by atoms with van der Waals surface area (Å²) < 4.78 is 14.3. The molecule has 4 aromatic rings. The van der Waals surface area contributed by atoms with Crippen LogP contribution < -0.4 is 15.0 Å². The number of hydrogen-bond donors (Lipinski definition) is 1. The number of carboxylic acid groups (broad SMARTS) is 1. The standard InChI is InChI=1S/C33H39N3O5S/c1-21-30(33(2,3)4)36(32(38)39)15-14-35(21)18-24-17-25-29(42-24)26(19-34(5)31(25)37)23-12-13-27(40-6)28(16-23)41-20-22-10-8-7-9-11-22/h7-13,16-17,19,21,30H,14-15,18,20H2,1-6H3,(H,38,39)/t21?,30-/m1/s1. The second kappa shape index (κ2) is 11.8. The van der Waals surface area contributed by atoms with Crippen LogP contribution in [-0.4, -0.2) is 57.8 Å². The highest BCUT2D eigenvalue weighted by molar-refractivity contribution is 7.19. The van der Waals surface area contributed by atoms with Crippen LogP contribution in [-0.2, 0) is 20.2 Å². The molecule has 3 heterocycles. The first kappa shape index (κ1) is 29.7. The fraction of sp³-hybridized carbons (Fsp3) is 0.394. The molecule has 8 nitrogen and oxygen atoms in total. The van der Waals surface area contributed by atoms with Crippen molar-refractivity contribution in [3.05, 3.63) is 81.6 Å². The lowest BCUT2D eigenvalue weighted by Gasteiger charge is -2.50. The Hall–Kier alpha value is -3.82. The number of pyridine rings is 1. The Balaban J connectivity index is 1.48. The summed E-state index contributed by atoms with van der Waals surface area (Å²) in [4.78, 5) is 30.3. The first-order valence-corrected chi connectivity index (χ1v) is 15.0. The van der Waals surface area contributed by atoms with E-state index in [1.807, 2.05) is 60.8 Å². The van der Waals surface area contributed by atoms with Gasteiger partial charge in [0.1, 0.15) is 6.61 Å². The van der Waals surface area contributed by atoms with Crippen LogP contribution in [0.3, 0.4) is 0 Å². The maximum Gasteiger partial charge on any atom is 0.407 e. The molecule has 0 radical (unpaired) electrons. The van der Waals surface area contributed by atoms with Crippen LogP contribution in [0, 0.1) is 5.41 Å². The Morgan fingerprint density at radius 3 is 2.48 bits per heavy atom. The summed E-state index contributed by atoms with van der Waals surface area (Å²) in [6.45, 7) is 10.5. The summed E-state index contributed by atoms with van der Waals surface area (Å²) in [5, 5.41) is 10.5. The van der Waals surface area contributed by atoms with Crippen molar-refractivity contribution in [1.29, 1.82) is 0 Å². The number of carbonyl (C=O) groups is 1. The average molecular weight is 590 g/mol. The molecular formula is C33H39N3O5S. The molecule has 0 saturated carbocycles. The summed E-state index contributed by atoms with van der Waals surface area (Å²) in [5.74, 6) is 1.28. The lowest BCUT2D eigenvalue weighted by atomic mass is 9.80. The minimum atomic E-state index is -0.872. The lowest BCUT2D eigenvalue weighted by Crippen LogP contribution is -2.63. The zero-order chi connectivity index (χ0) is 30.2. The van der Waals surface area contributed by atoms with E-state index in [-0.39, 0.29) is 23.1 Å². The predicted octanol–water partition coefficient (Wildman–Crippen LogP) is 6.45. The van der Waals surface area contributed by atoms with Crippen LogP contribution in [0.15, 0.2) is 65.6 Å². The van der Waals surface area contributed by atoms with Gasteiger partial charge in [-0.25, -0.2) is 4.79 Å². The van der Waals surface area contributed by atoms with Gasteiger partial charge in [0.05, 0.1) is 18.5 Å². The van der Waals surface area contributed by atoms with Gasteiger partial charge in [-0.15, -0.1) is 11.3 Å². The third kappa shape index (κ3) is 5.89. The number of fused-ring (bicyclic) bond motifs is 1. The van der Waals surface area contributed by atoms with Crippen molar-refractivity contribution in [3.8, 4) is 22.6 Å². The van der Waals surface area contributed by atoms with Crippen LogP contribution >= 0.6 is 11.3 Å². The van der Waals surface area contributed by atoms with Crippen LogP contribution in [0.1, 0.15) is 38.1 Å². The van der Waals surface area contributed by atoms with Gasteiger partial charge in [0.15, 0.2) is 11.5 Å². The van der Waals surface area contributed by atoms with Crippen LogP contribution in [0.4, 0.5) is 4.79 Å². The summed E-state index contributed by atoms with van der Waals surface area (Å²) >= 11 is 1.62. The monoisotopic (exact) mass is 589 g/mol. The molecule has 9 heteroatoms. The fourth-order valence-electron chi connectivity index (χ4n) is 6.15. The molecule has 1 N–H and O–H groups in total. The van der Waals surface area contributed by atoms with Crippen molar-refractivity contribution >= 4 is 27.5 Å². The van der Waals surface area contributed by atoms with E-state index >= 15 is 0 Å². The number of hydrogen-bond acceptors (Lipinski definition) is 6. The Morgan fingerprint density at radius 1 is 1.07 bits per heavy atom. The maximum absolute atomic E-state index is 13.2. The number of nitrogens with zero attached hydrogens (tertiary/aromatic N) is 3. The Labute approximate surface area is 250 Å². The number of piperazine rings is 1. The number of aryl methyl sites for hydroxylation is 1. The molecule has 0 spiro atoms. The molecule has 1 unspecified atom stereocenters. The first-order valence-electron chi connectivity index (χ1n) is 14.2. The van der Waals surface area contributed by atoms with Gasteiger partial charge in [-0.3, -0.25) is 9.69 Å². The molecule has 42 heavy (non-hydrogen) atoms. The number of aromatic nitrogens is 1. The van der Waals surface area contributed by atoms with E-state index < -0.39 is 6.09 Å². The van der Waals surface area contributed by atoms with E-state index in [0.29, 0.717) is 43.1 Å². The van der Waals surface area contributed by atoms with E-state index in [4.69, 9.17) is 9.47 Å². The normalized spacial score (nSPS) is 17.9. The number of benzene rings is 2. The summed E-state index contributed by atoms with van der Waals surface area (Å²) in [6, 6.07) is 17.7. The molecular weight excluding hydrogens is 550 g/mol. The Morgan fingerprint density at radius 2 is 1.81 bits per heavy atom. The van der Waals surface area contributed by atoms with Crippen LogP contribution in [0.2, 0.25) is 0 Å². The molecule has 2 aromatic heterocycles. The lowest BCUT2D eigenvalue weighted by molar-refractivity contribution is -0.0178. The molecule has 1 fully saturated rings. The number of ether oxygens (including phenoxy) is 2. The topological polar surface area (TPSA) is 84.2 Å². The van der Waals surface area contributed by atoms with Crippen molar-refractivity contribution in [3.63, 3.8) is 0 Å². The zero-order valence-corrected chi connectivity index (χ0v) is 25.9. The van der Waals surface area contributed by atoms with E-state index in [1.165, 1.54) is 0 Å². The second-order valence-electron chi connectivity index (χ2n) is 12.1. The van der Waals surface area contributed by atoms with Crippen molar-refractivity contribution in [2.75, 3.05) is 20.2 Å². The number of rotatable bonds is 7. The molecule has 0 bridgehead atoms. The highest BCUT2D eigenvalue weighted by atomic mass is 32.1. The highest BCUT2D eigenvalue weighted by Gasteiger charge is 2.43. The number of amides is 1. The summed E-state index contributed by atoms with van der Waals surface area (Å²) in [6.07, 6.45) is 1.01. The average Bonchev–Trinajstić information content (AvgIpc) is 3.38. The second-order valence-corrected chi connectivity index (χ2v) is 13.2. The first-order chi connectivity index (χ1) is 20.0. The molecule has 1 amide bonds. The third-order valence-corrected chi connectivity index (χ3v) is 9.25. The smallest absolute Gasteiger partial charge is 0.407 e. The quantitative estimate of drug-likeness (QED) is 0.267. The van der Waals surface area contributed by atoms with Gasteiger partial charge in [-0.05, 0) is 41.7 Å². The third-order valence-electron chi connectivity index (χ3n) is 8.10. The van der Waals surface area contributed by atoms with Crippen molar-refractivity contribution in [1.82, 2.24) is 14.4 Å². The maximum atomic E-state index is 13.2. The van der Waals surface area contributed by atoms with Gasteiger partial charge in [0.2, 0.25) is 0 Å². The summed E-state index contributed by atoms with van der Waals surface area (Å²) in [7, 11) is 3.40. The Kier molecular flexibility index (Phi) is 8.35. The minimum Gasteiger partial charge on any atom is -0.493 e. The molecule has 5 rings (SSSR count). The van der Waals surface area contributed by atoms with Gasteiger partial charge in [0, 0.05) is 54.1 Å². The molecule has 222 valence electrons. The fourth-order valence-corrected chi connectivity index (χ4v) is 7.35. The molecule has 2 atom stereocenters. The number of thiophene rings is 1. The predicted molar refractivity (Wildman–Crippen MR) is 168 cm³/mol. The molecule has 0 aliphatic carbocycles. The molecule has 2 aromatic carbocycles. The minimum absolute atomic E-state index is 0.0216. The molecule has 1 aliphatic heterocycles. The number of methoxy groups -OCH3 is 1. The largest absolute Gasteiger partial charge is 0.493 e. The van der Waals surface area contributed by atoms with Crippen LogP contribution in [0.25, 0.3) is 21.2 Å². The SMILES string of the molecule is COc1ccc(-c2cn(C)c(=O)c3cc(CN4CCN(C(=O)O)[C@@H](C(C)(C)C)C4C)sc23)cc1OCc1ccccc1. The van der Waals surface area contributed by atoms with Crippen molar-refractivity contribution in [2.24, 2.45) is 12.5 Å². The zero-order valence-electron chi connectivity index (χ0n) is 25.1. The van der Waals surface area contributed by atoms with Gasteiger partial charge in [-0.2, -0.15) is 0 Å². The van der Waals surface area contributed by atoms with Crippen molar-refractivity contribution in [2.45, 2.75) is 52.9 Å². The molecule has 1 aliphatic rings. The van der Waals surface area contributed by atoms with Gasteiger partial charge in [0.25, 0.3) is 5.56 Å². The van der Waals surface area contributed by atoms with Gasteiger partial charge in [-0.1, -0.05) is 57.2 Å². The van der Waals surface area contributed by atoms with E-state index in [1.54, 1.807) is 35.0 Å². The van der Waals surface area contributed by atoms with Gasteiger partial charge >= 0.3 is 6.09 Å². The summed E-state index contributed by atoms with van der Waals surface area (Å²) in [5.41, 5.74) is 2.69. The Bertz CT molecular complexity index is 1640. The van der Waals surface area contributed by atoms with E-state index in [9.17, 15) is 14.7 Å². The van der Waals surface area contributed by atoms with Crippen molar-refractivity contribution < 1.29 is 19.4 Å².